The van der Waals surface area contributed by atoms with Gasteiger partial charge in [-0.25, -0.2) is 0 Å². The molecule has 0 saturated carbocycles. The lowest BCUT2D eigenvalue weighted by molar-refractivity contribution is 0.00578. The van der Waals surface area contributed by atoms with Crippen LogP contribution in [0.4, 0.5) is 0 Å². The summed E-state index contributed by atoms with van der Waals surface area (Å²) in [6.07, 6.45) is 2.23. The van der Waals surface area contributed by atoms with Crippen LogP contribution in [0.5, 0.6) is 0 Å². The monoisotopic (exact) mass is 322 g/mol. The Balaban J connectivity index is 1.81. The Labute approximate surface area is 138 Å². The minimum atomic E-state index is -0.362. The van der Waals surface area contributed by atoms with Crippen molar-refractivity contribution in [2.24, 2.45) is 0 Å². The minimum Gasteiger partial charge on any atom is -0.399 e. The fourth-order valence-corrected chi connectivity index (χ4v) is 3.33. The van der Waals surface area contributed by atoms with Gasteiger partial charge >= 0.3 is 7.12 Å². The molecule has 1 aromatic rings. The van der Waals surface area contributed by atoms with Crippen molar-refractivity contribution in [3.05, 3.63) is 28.8 Å². The Morgan fingerprint density at radius 2 is 1.82 bits per heavy atom. The van der Waals surface area contributed by atoms with Gasteiger partial charge in [0.25, 0.3) is 0 Å². The maximum atomic E-state index is 6.52. The van der Waals surface area contributed by atoms with Crippen molar-refractivity contribution in [1.82, 2.24) is 0 Å². The Hall–Kier alpha value is -0.545. The molecule has 0 bridgehead atoms. The molecule has 0 radical (unpaired) electrons. The zero-order valence-corrected chi connectivity index (χ0v) is 14.6. The van der Waals surface area contributed by atoms with Crippen LogP contribution in [0.3, 0.4) is 0 Å². The highest BCUT2D eigenvalue weighted by Crippen LogP contribution is 2.37. The van der Waals surface area contributed by atoms with Gasteiger partial charge in [-0.3, -0.25) is 0 Å². The molecule has 2 aliphatic heterocycles. The summed E-state index contributed by atoms with van der Waals surface area (Å²) in [5.41, 5.74) is 1.48. The topological polar surface area (TPSA) is 27.7 Å². The molecule has 5 heteroatoms. The van der Waals surface area contributed by atoms with E-state index < -0.39 is 0 Å². The first kappa shape index (κ1) is 16.3. The van der Waals surface area contributed by atoms with Gasteiger partial charge in [0.05, 0.1) is 17.8 Å². The number of benzene rings is 1. The molecule has 0 amide bonds. The smallest absolute Gasteiger partial charge is 0.399 e. The molecule has 2 aliphatic rings. The van der Waals surface area contributed by atoms with Crippen molar-refractivity contribution in [3.63, 3.8) is 0 Å². The summed E-state index contributed by atoms with van der Waals surface area (Å²) in [7, 11) is -0.362. The van der Waals surface area contributed by atoms with Crippen LogP contribution in [0, 0.1) is 0 Å². The van der Waals surface area contributed by atoms with Crippen molar-refractivity contribution in [1.29, 1.82) is 0 Å². The summed E-state index contributed by atoms with van der Waals surface area (Å²) < 4.78 is 17.7. The number of hydrogen-bond acceptors (Lipinski definition) is 3. The van der Waals surface area contributed by atoms with Crippen molar-refractivity contribution in [3.8, 4) is 0 Å². The molecule has 1 unspecified atom stereocenters. The molecule has 3 nitrogen and oxygen atoms in total. The molecule has 3 rings (SSSR count). The Morgan fingerprint density at radius 1 is 1.14 bits per heavy atom. The maximum Gasteiger partial charge on any atom is 0.494 e. The minimum absolute atomic E-state index is 0.333. The fourth-order valence-electron chi connectivity index (χ4n) is 2.99. The molecule has 0 aromatic heterocycles. The van der Waals surface area contributed by atoms with Gasteiger partial charge in [-0.2, -0.15) is 0 Å². The summed E-state index contributed by atoms with van der Waals surface area (Å²) in [6, 6.07) is 6.15. The van der Waals surface area contributed by atoms with Crippen LogP contribution in [0.15, 0.2) is 18.2 Å². The highest BCUT2D eigenvalue weighted by Gasteiger charge is 2.51. The second kappa shape index (κ2) is 5.83. The molecule has 0 N–H and O–H groups in total. The third-order valence-corrected chi connectivity index (χ3v) is 5.48. The van der Waals surface area contributed by atoms with Crippen molar-refractivity contribution in [2.75, 3.05) is 13.2 Å². The van der Waals surface area contributed by atoms with E-state index in [1.54, 1.807) is 0 Å². The molecular formula is C17H24BClO3. The lowest BCUT2D eigenvalue weighted by Gasteiger charge is -2.32. The molecule has 2 saturated heterocycles. The van der Waals surface area contributed by atoms with E-state index in [-0.39, 0.29) is 18.3 Å². The van der Waals surface area contributed by atoms with Crippen LogP contribution in [0.2, 0.25) is 5.02 Å². The second-order valence-electron chi connectivity index (χ2n) is 7.28. The largest absolute Gasteiger partial charge is 0.494 e. The zero-order chi connectivity index (χ0) is 16.0. The molecule has 22 heavy (non-hydrogen) atoms. The van der Waals surface area contributed by atoms with Gasteiger partial charge in [0.15, 0.2) is 0 Å². The first-order valence-electron chi connectivity index (χ1n) is 8.03. The summed E-state index contributed by atoms with van der Waals surface area (Å²) in [6.45, 7) is 9.85. The SMILES string of the molecule is CC1(C)OB(c2ccc(C3CCCOC3)c(Cl)c2)OC1(C)C. The summed E-state index contributed by atoms with van der Waals surface area (Å²) in [5.74, 6) is 0.397. The van der Waals surface area contributed by atoms with E-state index in [9.17, 15) is 0 Å². The van der Waals surface area contributed by atoms with Gasteiger partial charge in [-0.15, -0.1) is 0 Å². The van der Waals surface area contributed by atoms with Crippen LogP contribution >= 0.6 is 11.6 Å². The first-order valence-corrected chi connectivity index (χ1v) is 8.41. The van der Waals surface area contributed by atoms with Crippen LogP contribution < -0.4 is 5.46 Å². The van der Waals surface area contributed by atoms with E-state index in [2.05, 4.69) is 39.8 Å². The standard InChI is InChI=1S/C17H24BClO3/c1-16(2)17(3,4)22-18(21-16)13-7-8-14(15(19)10-13)12-6-5-9-20-11-12/h7-8,10,12H,5-6,9,11H2,1-4H3. The molecule has 1 atom stereocenters. The summed E-state index contributed by atoms with van der Waals surface area (Å²) in [4.78, 5) is 0. The number of halogens is 1. The van der Waals surface area contributed by atoms with E-state index >= 15 is 0 Å². The molecule has 2 heterocycles. The lowest BCUT2D eigenvalue weighted by atomic mass is 9.78. The third kappa shape index (κ3) is 2.94. The average Bonchev–Trinajstić information content (AvgIpc) is 2.68. The van der Waals surface area contributed by atoms with E-state index in [1.165, 1.54) is 5.56 Å². The molecule has 1 aromatic carbocycles. The molecular weight excluding hydrogens is 298 g/mol. The van der Waals surface area contributed by atoms with E-state index in [4.69, 9.17) is 25.6 Å². The predicted octanol–water partition coefficient (Wildman–Crippen LogP) is 3.53. The molecule has 2 fully saturated rings. The number of ether oxygens (including phenoxy) is 1. The lowest BCUT2D eigenvalue weighted by Crippen LogP contribution is -2.41. The fraction of sp³-hybridized carbons (Fsp3) is 0.647. The van der Waals surface area contributed by atoms with Crippen molar-refractivity contribution >= 4 is 24.2 Å². The van der Waals surface area contributed by atoms with Gasteiger partial charge in [-0.05, 0) is 57.6 Å². The van der Waals surface area contributed by atoms with Crippen LogP contribution in [0.1, 0.15) is 52.0 Å². The Morgan fingerprint density at radius 3 is 2.36 bits per heavy atom. The van der Waals surface area contributed by atoms with Crippen LogP contribution in [0.25, 0.3) is 0 Å². The summed E-state index contributed by atoms with van der Waals surface area (Å²) in [5, 5.41) is 0.780. The zero-order valence-electron chi connectivity index (χ0n) is 13.8. The van der Waals surface area contributed by atoms with Crippen LogP contribution in [-0.2, 0) is 14.0 Å². The average molecular weight is 323 g/mol. The van der Waals surface area contributed by atoms with Crippen LogP contribution in [-0.4, -0.2) is 31.5 Å². The Bertz CT molecular complexity index is 537. The highest BCUT2D eigenvalue weighted by molar-refractivity contribution is 6.62. The summed E-state index contributed by atoms with van der Waals surface area (Å²) >= 11 is 6.52. The second-order valence-corrected chi connectivity index (χ2v) is 7.69. The van der Waals surface area contributed by atoms with E-state index in [1.807, 2.05) is 6.07 Å². The third-order valence-electron chi connectivity index (χ3n) is 5.15. The predicted molar refractivity (Wildman–Crippen MR) is 90.0 cm³/mol. The Kier molecular flexibility index (Phi) is 4.32. The van der Waals surface area contributed by atoms with E-state index in [0.29, 0.717) is 5.92 Å². The molecule has 0 aliphatic carbocycles. The quantitative estimate of drug-likeness (QED) is 0.780. The number of hydrogen-bond donors (Lipinski definition) is 0. The van der Waals surface area contributed by atoms with Gasteiger partial charge in [0.1, 0.15) is 0 Å². The number of rotatable bonds is 2. The van der Waals surface area contributed by atoms with Crippen molar-refractivity contribution in [2.45, 2.75) is 57.7 Å². The van der Waals surface area contributed by atoms with Crippen molar-refractivity contribution < 1.29 is 14.0 Å². The maximum absolute atomic E-state index is 6.52. The van der Waals surface area contributed by atoms with Gasteiger partial charge < -0.3 is 14.0 Å². The molecule has 0 spiro atoms. The van der Waals surface area contributed by atoms with Gasteiger partial charge in [-0.1, -0.05) is 23.7 Å². The van der Waals surface area contributed by atoms with E-state index in [0.717, 1.165) is 36.5 Å². The highest BCUT2D eigenvalue weighted by atomic mass is 35.5. The van der Waals surface area contributed by atoms with Gasteiger partial charge in [0.2, 0.25) is 0 Å². The normalized spacial score (nSPS) is 27.1. The van der Waals surface area contributed by atoms with Gasteiger partial charge in [0, 0.05) is 17.5 Å². The first-order chi connectivity index (χ1) is 10.3. The molecule has 120 valence electrons.